The van der Waals surface area contributed by atoms with Crippen molar-refractivity contribution in [2.75, 3.05) is 19.8 Å². The van der Waals surface area contributed by atoms with Crippen molar-refractivity contribution in [3.63, 3.8) is 0 Å². The van der Waals surface area contributed by atoms with Gasteiger partial charge in [0.25, 0.3) is 0 Å². The summed E-state index contributed by atoms with van der Waals surface area (Å²) in [6.07, 6.45) is 4.05. The second-order valence-electron chi connectivity index (χ2n) is 5.80. The largest absolute Gasteiger partial charge is 0.464 e. The molecule has 1 fully saturated rings. The predicted octanol–water partition coefficient (Wildman–Crippen LogP) is 2.16. The van der Waals surface area contributed by atoms with E-state index in [1.165, 1.54) is 5.56 Å². The first-order valence-electron chi connectivity index (χ1n) is 7.88. The molecule has 0 spiro atoms. The monoisotopic (exact) mass is 289 g/mol. The van der Waals surface area contributed by atoms with E-state index >= 15 is 0 Å². The van der Waals surface area contributed by atoms with E-state index in [2.05, 4.69) is 11.4 Å². The van der Waals surface area contributed by atoms with Crippen LogP contribution >= 0.6 is 0 Å². The zero-order valence-electron chi connectivity index (χ0n) is 12.6. The van der Waals surface area contributed by atoms with E-state index in [1.54, 1.807) is 0 Å². The summed E-state index contributed by atoms with van der Waals surface area (Å²) in [6, 6.07) is 8.16. The van der Waals surface area contributed by atoms with Gasteiger partial charge in [0.05, 0.1) is 12.7 Å². The first kappa shape index (κ1) is 14.5. The fourth-order valence-corrected chi connectivity index (χ4v) is 3.43. The highest BCUT2D eigenvalue weighted by Crippen LogP contribution is 2.38. The number of rotatable bonds is 5. The van der Waals surface area contributed by atoms with Crippen LogP contribution in [0.2, 0.25) is 0 Å². The van der Waals surface area contributed by atoms with Gasteiger partial charge in [0, 0.05) is 13.2 Å². The molecule has 0 bridgehead atoms. The molecule has 1 aliphatic carbocycles. The van der Waals surface area contributed by atoms with E-state index in [1.807, 2.05) is 25.1 Å². The SMILES string of the molecule is CCOC(=O)C1(NCC2CCCO2)CCc2ccccc21. The Balaban J connectivity index is 1.83. The lowest BCUT2D eigenvalue weighted by Gasteiger charge is -2.30. The zero-order chi connectivity index (χ0) is 14.7. The van der Waals surface area contributed by atoms with Gasteiger partial charge in [0.1, 0.15) is 5.54 Å². The second-order valence-corrected chi connectivity index (χ2v) is 5.80. The van der Waals surface area contributed by atoms with Crippen molar-refractivity contribution in [2.45, 2.75) is 44.2 Å². The highest BCUT2D eigenvalue weighted by Gasteiger charge is 2.46. The van der Waals surface area contributed by atoms with Crippen LogP contribution in [-0.2, 0) is 26.2 Å². The maximum absolute atomic E-state index is 12.6. The Kier molecular flexibility index (Phi) is 4.27. The number of aryl methyl sites for hydroxylation is 1. The lowest BCUT2D eigenvalue weighted by Crippen LogP contribution is -2.51. The van der Waals surface area contributed by atoms with Crippen molar-refractivity contribution < 1.29 is 14.3 Å². The van der Waals surface area contributed by atoms with Gasteiger partial charge in [-0.2, -0.15) is 0 Å². The average molecular weight is 289 g/mol. The van der Waals surface area contributed by atoms with Crippen molar-refractivity contribution in [2.24, 2.45) is 0 Å². The van der Waals surface area contributed by atoms with E-state index in [-0.39, 0.29) is 12.1 Å². The molecule has 1 heterocycles. The van der Waals surface area contributed by atoms with E-state index in [0.717, 1.165) is 37.9 Å². The molecule has 1 aromatic rings. The molecule has 2 atom stereocenters. The zero-order valence-corrected chi connectivity index (χ0v) is 12.6. The fraction of sp³-hybridized carbons (Fsp3) is 0.588. The van der Waals surface area contributed by atoms with Crippen LogP contribution in [-0.4, -0.2) is 31.8 Å². The molecule has 0 amide bonds. The Morgan fingerprint density at radius 1 is 1.48 bits per heavy atom. The molecule has 4 heteroatoms. The summed E-state index contributed by atoms with van der Waals surface area (Å²) in [5.41, 5.74) is 1.62. The number of nitrogens with one attached hydrogen (secondary N) is 1. The normalized spacial score (nSPS) is 27.6. The minimum absolute atomic E-state index is 0.159. The highest BCUT2D eigenvalue weighted by molar-refractivity contribution is 5.84. The molecule has 0 radical (unpaired) electrons. The number of hydrogen-bond acceptors (Lipinski definition) is 4. The molecule has 0 aromatic heterocycles. The highest BCUT2D eigenvalue weighted by atomic mass is 16.5. The smallest absolute Gasteiger partial charge is 0.331 e. The molecule has 114 valence electrons. The van der Waals surface area contributed by atoms with Gasteiger partial charge < -0.3 is 9.47 Å². The van der Waals surface area contributed by atoms with Gasteiger partial charge in [0.15, 0.2) is 0 Å². The Bertz CT molecular complexity index is 511. The van der Waals surface area contributed by atoms with Crippen molar-refractivity contribution >= 4 is 5.97 Å². The number of esters is 1. The summed E-state index contributed by atoms with van der Waals surface area (Å²) in [5, 5.41) is 3.48. The van der Waals surface area contributed by atoms with Crippen LogP contribution in [0.5, 0.6) is 0 Å². The Hall–Kier alpha value is -1.39. The minimum Gasteiger partial charge on any atom is -0.464 e. The van der Waals surface area contributed by atoms with Crippen molar-refractivity contribution in [3.05, 3.63) is 35.4 Å². The number of ether oxygens (including phenoxy) is 2. The third kappa shape index (κ3) is 2.70. The molecule has 0 saturated carbocycles. The topological polar surface area (TPSA) is 47.6 Å². The summed E-state index contributed by atoms with van der Waals surface area (Å²) >= 11 is 0. The molecule has 1 aliphatic heterocycles. The molecule has 1 N–H and O–H groups in total. The lowest BCUT2D eigenvalue weighted by atomic mass is 9.91. The van der Waals surface area contributed by atoms with Gasteiger partial charge >= 0.3 is 5.97 Å². The maximum atomic E-state index is 12.6. The maximum Gasteiger partial charge on any atom is 0.331 e. The van der Waals surface area contributed by atoms with E-state index in [4.69, 9.17) is 9.47 Å². The van der Waals surface area contributed by atoms with Crippen LogP contribution < -0.4 is 5.32 Å². The lowest BCUT2D eigenvalue weighted by molar-refractivity contribution is -0.152. The van der Waals surface area contributed by atoms with E-state index in [9.17, 15) is 4.79 Å². The number of carbonyl (C=O) groups is 1. The van der Waals surface area contributed by atoms with Gasteiger partial charge in [-0.15, -0.1) is 0 Å². The summed E-state index contributed by atoms with van der Waals surface area (Å²) in [7, 11) is 0. The number of carbonyl (C=O) groups excluding carboxylic acids is 1. The summed E-state index contributed by atoms with van der Waals surface area (Å²) < 4.78 is 11.0. The van der Waals surface area contributed by atoms with Gasteiger partial charge in [-0.25, -0.2) is 4.79 Å². The predicted molar refractivity (Wildman–Crippen MR) is 80.1 cm³/mol. The fourth-order valence-electron chi connectivity index (χ4n) is 3.43. The third-order valence-electron chi connectivity index (χ3n) is 4.53. The molecule has 1 aromatic carbocycles. The van der Waals surface area contributed by atoms with E-state index in [0.29, 0.717) is 13.2 Å². The number of benzene rings is 1. The van der Waals surface area contributed by atoms with Crippen LogP contribution in [0.3, 0.4) is 0 Å². The second kappa shape index (κ2) is 6.16. The first-order valence-corrected chi connectivity index (χ1v) is 7.88. The van der Waals surface area contributed by atoms with Crippen LogP contribution in [0.1, 0.15) is 37.3 Å². The Morgan fingerprint density at radius 3 is 3.10 bits per heavy atom. The quantitative estimate of drug-likeness (QED) is 0.844. The standard InChI is InChI=1S/C17H23NO3/c1-2-20-16(19)17(18-12-14-7-5-11-21-14)10-9-13-6-3-4-8-15(13)17/h3-4,6,8,14,18H,2,5,7,9-12H2,1H3. The summed E-state index contributed by atoms with van der Waals surface area (Å²) in [4.78, 5) is 12.6. The van der Waals surface area contributed by atoms with Gasteiger partial charge in [-0.05, 0) is 43.7 Å². The molecular weight excluding hydrogens is 266 g/mol. The number of hydrogen-bond donors (Lipinski definition) is 1. The van der Waals surface area contributed by atoms with Gasteiger partial charge in [0.2, 0.25) is 0 Å². The molecule has 2 unspecified atom stereocenters. The molecular formula is C17H23NO3. The molecule has 3 rings (SSSR count). The van der Waals surface area contributed by atoms with Gasteiger partial charge in [-0.1, -0.05) is 24.3 Å². The van der Waals surface area contributed by atoms with E-state index < -0.39 is 5.54 Å². The molecule has 4 nitrogen and oxygen atoms in total. The molecule has 2 aliphatic rings. The van der Waals surface area contributed by atoms with Crippen LogP contribution in [0.15, 0.2) is 24.3 Å². The van der Waals surface area contributed by atoms with Crippen LogP contribution in [0, 0.1) is 0 Å². The van der Waals surface area contributed by atoms with Crippen LogP contribution in [0.4, 0.5) is 0 Å². The Labute approximate surface area is 125 Å². The average Bonchev–Trinajstić information content (AvgIpc) is 3.14. The summed E-state index contributed by atoms with van der Waals surface area (Å²) in [6.45, 7) is 3.79. The Morgan fingerprint density at radius 2 is 2.33 bits per heavy atom. The van der Waals surface area contributed by atoms with Gasteiger partial charge in [-0.3, -0.25) is 5.32 Å². The van der Waals surface area contributed by atoms with Crippen molar-refractivity contribution in [1.82, 2.24) is 5.32 Å². The van der Waals surface area contributed by atoms with Crippen LogP contribution in [0.25, 0.3) is 0 Å². The molecule has 21 heavy (non-hydrogen) atoms. The first-order chi connectivity index (χ1) is 10.3. The summed E-state index contributed by atoms with van der Waals surface area (Å²) in [5.74, 6) is -0.159. The number of fused-ring (bicyclic) bond motifs is 1. The molecule has 1 saturated heterocycles. The third-order valence-corrected chi connectivity index (χ3v) is 4.53. The minimum atomic E-state index is -0.696. The van der Waals surface area contributed by atoms with Crippen molar-refractivity contribution in [1.29, 1.82) is 0 Å². The van der Waals surface area contributed by atoms with Crippen molar-refractivity contribution in [3.8, 4) is 0 Å².